The average molecular weight is 200 g/mol. The van der Waals surface area contributed by atoms with E-state index in [1.54, 1.807) is 0 Å². The summed E-state index contributed by atoms with van der Waals surface area (Å²) in [5, 5.41) is 9.15. The van der Waals surface area contributed by atoms with Gasteiger partial charge in [-0.1, -0.05) is 25.1 Å². The summed E-state index contributed by atoms with van der Waals surface area (Å²) in [6.45, 7) is 3.23. The van der Waals surface area contributed by atoms with E-state index in [0.29, 0.717) is 5.92 Å². The van der Waals surface area contributed by atoms with Crippen LogP contribution in [0.1, 0.15) is 19.8 Å². The summed E-state index contributed by atoms with van der Waals surface area (Å²) in [5.41, 5.74) is 1.18. The Kier molecular flexibility index (Phi) is 2.91. The lowest BCUT2D eigenvalue weighted by Gasteiger charge is -2.36. The maximum Gasteiger partial charge on any atom is 0.117 e. The highest BCUT2D eigenvalue weighted by Gasteiger charge is 2.25. The van der Waals surface area contributed by atoms with Crippen molar-refractivity contribution in [1.82, 2.24) is 0 Å². The van der Waals surface area contributed by atoms with E-state index < -0.39 is 0 Å². The fourth-order valence-corrected chi connectivity index (χ4v) is 2.19. The molecule has 1 fully saturated rings. The number of piperidine rings is 1. The van der Waals surface area contributed by atoms with Crippen molar-refractivity contribution in [3.05, 3.63) is 30.3 Å². The second-order valence-electron chi connectivity index (χ2n) is 4.30. The molecule has 1 aliphatic heterocycles. The van der Waals surface area contributed by atoms with Crippen LogP contribution < -0.4 is 4.90 Å². The summed E-state index contributed by atoms with van der Waals surface area (Å²) in [5.74, 6) is 0.676. The molecule has 2 heteroatoms. The van der Waals surface area contributed by atoms with Crippen LogP contribution in [-0.4, -0.2) is 12.6 Å². The molecule has 78 valence electrons. The molecule has 15 heavy (non-hydrogen) atoms. The number of hydrogen-bond donors (Lipinski definition) is 0. The van der Waals surface area contributed by atoms with Gasteiger partial charge in [-0.05, 0) is 30.9 Å². The highest BCUT2D eigenvalue weighted by atomic mass is 15.2. The monoisotopic (exact) mass is 200 g/mol. The molecule has 0 N–H and O–H groups in total. The summed E-state index contributed by atoms with van der Waals surface area (Å²) < 4.78 is 0. The third-order valence-electron chi connectivity index (χ3n) is 3.10. The van der Waals surface area contributed by atoms with Gasteiger partial charge in [-0.25, -0.2) is 0 Å². The van der Waals surface area contributed by atoms with E-state index in [0.717, 1.165) is 13.0 Å². The zero-order chi connectivity index (χ0) is 10.7. The van der Waals surface area contributed by atoms with Crippen LogP contribution in [0.25, 0.3) is 0 Å². The number of benzene rings is 1. The molecule has 1 saturated heterocycles. The number of rotatable bonds is 1. The van der Waals surface area contributed by atoms with E-state index >= 15 is 0 Å². The van der Waals surface area contributed by atoms with Crippen molar-refractivity contribution < 1.29 is 0 Å². The first kappa shape index (κ1) is 10.0. The Morgan fingerprint density at radius 3 is 2.73 bits per heavy atom. The number of nitrogens with zero attached hydrogens (tertiary/aromatic N) is 2. The summed E-state index contributed by atoms with van der Waals surface area (Å²) >= 11 is 0. The minimum Gasteiger partial charge on any atom is -0.356 e. The normalized spacial score (nSPS) is 26.0. The molecule has 2 atom stereocenters. The molecule has 1 aromatic carbocycles. The van der Waals surface area contributed by atoms with Gasteiger partial charge in [-0.15, -0.1) is 0 Å². The molecule has 0 spiro atoms. The Morgan fingerprint density at radius 1 is 1.33 bits per heavy atom. The molecule has 0 aromatic heterocycles. The molecule has 0 saturated carbocycles. The predicted octanol–water partition coefficient (Wildman–Crippen LogP) is 2.82. The summed E-state index contributed by atoms with van der Waals surface area (Å²) in [4.78, 5) is 2.22. The van der Waals surface area contributed by atoms with Gasteiger partial charge in [0.15, 0.2) is 0 Å². The lowest BCUT2D eigenvalue weighted by molar-refractivity contribution is 0.401. The number of nitriles is 1. The molecule has 0 radical (unpaired) electrons. The molecule has 2 nitrogen and oxygen atoms in total. The van der Waals surface area contributed by atoms with Gasteiger partial charge in [0.25, 0.3) is 0 Å². The summed E-state index contributed by atoms with van der Waals surface area (Å²) in [6, 6.07) is 12.7. The quantitative estimate of drug-likeness (QED) is 0.697. The largest absolute Gasteiger partial charge is 0.356 e. The third kappa shape index (κ3) is 2.12. The van der Waals surface area contributed by atoms with Gasteiger partial charge in [0.05, 0.1) is 6.07 Å². The standard InChI is InChI=1S/C13H16N2/c1-11-7-8-15(13(9-11)10-14)12-5-3-2-4-6-12/h2-6,11,13H,7-9H2,1H3/t11-,13-/m1/s1. The van der Waals surface area contributed by atoms with Crippen molar-refractivity contribution in [2.75, 3.05) is 11.4 Å². The van der Waals surface area contributed by atoms with Crippen LogP contribution >= 0.6 is 0 Å². The van der Waals surface area contributed by atoms with E-state index in [2.05, 4.69) is 30.0 Å². The van der Waals surface area contributed by atoms with Crippen LogP contribution in [0.2, 0.25) is 0 Å². The molecular formula is C13H16N2. The van der Waals surface area contributed by atoms with E-state index in [1.165, 1.54) is 12.1 Å². The topological polar surface area (TPSA) is 27.0 Å². The van der Waals surface area contributed by atoms with Gasteiger partial charge >= 0.3 is 0 Å². The van der Waals surface area contributed by atoms with Gasteiger partial charge < -0.3 is 4.90 Å². The number of anilines is 1. The fraction of sp³-hybridized carbons (Fsp3) is 0.462. The average Bonchev–Trinajstić information content (AvgIpc) is 2.30. The molecule has 1 aliphatic rings. The van der Waals surface area contributed by atoms with Gasteiger partial charge in [-0.2, -0.15) is 5.26 Å². The SMILES string of the molecule is C[C@@H]1CCN(c2ccccc2)[C@@H](C#N)C1. The Balaban J connectivity index is 2.19. The highest BCUT2D eigenvalue weighted by molar-refractivity contribution is 5.49. The third-order valence-corrected chi connectivity index (χ3v) is 3.10. The first-order valence-electron chi connectivity index (χ1n) is 5.52. The van der Waals surface area contributed by atoms with E-state index in [1.807, 2.05) is 18.2 Å². The molecular weight excluding hydrogens is 184 g/mol. The van der Waals surface area contributed by atoms with E-state index in [9.17, 15) is 0 Å². The van der Waals surface area contributed by atoms with Crippen LogP contribution in [0.5, 0.6) is 0 Å². The van der Waals surface area contributed by atoms with Gasteiger partial charge in [0.1, 0.15) is 6.04 Å². The predicted molar refractivity (Wildman–Crippen MR) is 61.6 cm³/mol. The molecule has 1 aromatic rings. The summed E-state index contributed by atoms with van der Waals surface area (Å²) in [6.07, 6.45) is 2.18. The molecule has 0 bridgehead atoms. The minimum absolute atomic E-state index is 0.0520. The molecule has 0 amide bonds. The second kappa shape index (κ2) is 4.35. The van der Waals surface area contributed by atoms with Crippen LogP contribution in [0.4, 0.5) is 5.69 Å². The molecule has 0 unspecified atom stereocenters. The maximum atomic E-state index is 9.15. The molecule has 2 rings (SSSR count). The van der Waals surface area contributed by atoms with Gasteiger partial charge in [0, 0.05) is 12.2 Å². The fourth-order valence-electron chi connectivity index (χ4n) is 2.19. The Hall–Kier alpha value is -1.49. The first-order valence-corrected chi connectivity index (χ1v) is 5.52. The van der Waals surface area contributed by atoms with Crippen LogP contribution in [0.15, 0.2) is 30.3 Å². The Morgan fingerprint density at radius 2 is 2.07 bits per heavy atom. The minimum atomic E-state index is 0.0520. The van der Waals surface area contributed by atoms with E-state index in [4.69, 9.17) is 5.26 Å². The van der Waals surface area contributed by atoms with Crippen LogP contribution in [-0.2, 0) is 0 Å². The zero-order valence-corrected chi connectivity index (χ0v) is 9.06. The van der Waals surface area contributed by atoms with Crippen molar-refractivity contribution in [2.24, 2.45) is 5.92 Å². The van der Waals surface area contributed by atoms with E-state index in [-0.39, 0.29) is 6.04 Å². The second-order valence-corrected chi connectivity index (χ2v) is 4.30. The molecule has 1 heterocycles. The van der Waals surface area contributed by atoms with Crippen molar-refractivity contribution in [3.63, 3.8) is 0 Å². The van der Waals surface area contributed by atoms with Gasteiger partial charge in [-0.3, -0.25) is 0 Å². The maximum absolute atomic E-state index is 9.15. The lowest BCUT2D eigenvalue weighted by Crippen LogP contribution is -2.41. The smallest absolute Gasteiger partial charge is 0.117 e. The number of hydrogen-bond acceptors (Lipinski definition) is 2. The zero-order valence-electron chi connectivity index (χ0n) is 9.06. The Bertz CT molecular complexity index is 353. The van der Waals surface area contributed by atoms with Crippen molar-refractivity contribution in [3.8, 4) is 6.07 Å². The van der Waals surface area contributed by atoms with Crippen LogP contribution in [0.3, 0.4) is 0 Å². The molecule has 0 aliphatic carbocycles. The lowest BCUT2D eigenvalue weighted by atomic mass is 9.92. The first-order chi connectivity index (χ1) is 7.31. The Labute approximate surface area is 91.1 Å². The van der Waals surface area contributed by atoms with Gasteiger partial charge in [0.2, 0.25) is 0 Å². The van der Waals surface area contributed by atoms with Crippen molar-refractivity contribution in [2.45, 2.75) is 25.8 Å². The van der Waals surface area contributed by atoms with Crippen molar-refractivity contribution >= 4 is 5.69 Å². The number of para-hydroxylation sites is 1. The van der Waals surface area contributed by atoms with Crippen LogP contribution in [0, 0.1) is 17.2 Å². The highest BCUT2D eigenvalue weighted by Crippen LogP contribution is 2.27. The summed E-state index contributed by atoms with van der Waals surface area (Å²) in [7, 11) is 0. The van der Waals surface area contributed by atoms with Crippen molar-refractivity contribution in [1.29, 1.82) is 5.26 Å².